The molecule has 0 saturated carbocycles. The SMILES string of the molecule is COC1OC(c2ccc(Cl)c(Cc3ccc(OCC=N)cc3)c2)C(O)C(O)C1O. The van der Waals surface area contributed by atoms with E-state index in [2.05, 4.69) is 0 Å². The van der Waals surface area contributed by atoms with Crippen molar-refractivity contribution in [2.45, 2.75) is 37.1 Å². The van der Waals surface area contributed by atoms with Crippen molar-refractivity contribution in [2.75, 3.05) is 13.7 Å². The van der Waals surface area contributed by atoms with E-state index in [-0.39, 0.29) is 6.61 Å². The molecule has 5 atom stereocenters. The number of methoxy groups -OCH3 is 1. The Morgan fingerprint density at radius 1 is 1.07 bits per heavy atom. The maximum absolute atomic E-state index is 10.4. The number of hydrogen-bond acceptors (Lipinski definition) is 7. The standard InChI is InChI=1S/C21H24ClNO6/c1-27-21-19(26)17(24)18(25)20(29-21)13-4-7-16(22)14(11-13)10-12-2-5-15(6-3-12)28-9-8-23/h2-8,11,17-21,23-26H,9-10H2,1H3. The van der Waals surface area contributed by atoms with E-state index in [1.807, 2.05) is 30.3 Å². The molecule has 0 aliphatic carbocycles. The van der Waals surface area contributed by atoms with Gasteiger partial charge in [0, 0.05) is 18.3 Å². The van der Waals surface area contributed by atoms with Crippen LogP contribution in [0.3, 0.4) is 0 Å². The number of hydrogen-bond donors (Lipinski definition) is 4. The van der Waals surface area contributed by atoms with Crippen LogP contribution in [-0.4, -0.2) is 59.9 Å². The van der Waals surface area contributed by atoms with Crippen LogP contribution in [0, 0.1) is 5.41 Å². The summed E-state index contributed by atoms with van der Waals surface area (Å²) in [7, 11) is 1.36. The number of benzene rings is 2. The summed E-state index contributed by atoms with van der Waals surface area (Å²) in [6.45, 7) is 0.222. The lowest BCUT2D eigenvalue weighted by atomic mass is 9.92. The molecule has 7 nitrogen and oxygen atoms in total. The molecule has 8 heteroatoms. The third-order valence-corrected chi connectivity index (χ3v) is 5.22. The third-order valence-electron chi connectivity index (χ3n) is 4.85. The quantitative estimate of drug-likeness (QED) is 0.509. The van der Waals surface area contributed by atoms with E-state index < -0.39 is 30.7 Å². The maximum Gasteiger partial charge on any atom is 0.186 e. The fraction of sp³-hybridized carbons (Fsp3) is 0.381. The van der Waals surface area contributed by atoms with Crippen LogP contribution in [-0.2, 0) is 15.9 Å². The van der Waals surface area contributed by atoms with Crippen molar-refractivity contribution >= 4 is 17.8 Å². The molecule has 1 aliphatic rings. The highest BCUT2D eigenvalue weighted by Crippen LogP contribution is 2.34. The molecule has 1 fully saturated rings. The number of aliphatic hydroxyl groups is 3. The van der Waals surface area contributed by atoms with Crippen LogP contribution in [0.25, 0.3) is 0 Å². The Bertz CT molecular complexity index is 828. The first-order valence-corrected chi connectivity index (χ1v) is 9.54. The van der Waals surface area contributed by atoms with Crippen LogP contribution >= 0.6 is 11.6 Å². The van der Waals surface area contributed by atoms with E-state index in [0.29, 0.717) is 22.8 Å². The van der Waals surface area contributed by atoms with E-state index in [1.165, 1.54) is 13.3 Å². The molecule has 0 amide bonds. The second-order valence-electron chi connectivity index (χ2n) is 6.82. The Hall–Kier alpha value is -2.00. The van der Waals surface area contributed by atoms with Gasteiger partial charge in [-0.2, -0.15) is 0 Å². The fourth-order valence-electron chi connectivity index (χ4n) is 3.29. The molecule has 156 valence electrons. The van der Waals surface area contributed by atoms with Crippen LogP contribution in [0.1, 0.15) is 22.8 Å². The first-order valence-electron chi connectivity index (χ1n) is 9.16. The topological polar surface area (TPSA) is 112 Å². The van der Waals surface area contributed by atoms with Gasteiger partial charge in [0.15, 0.2) is 6.29 Å². The van der Waals surface area contributed by atoms with Crippen molar-refractivity contribution in [2.24, 2.45) is 0 Å². The predicted octanol–water partition coefficient (Wildman–Crippen LogP) is 2.09. The van der Waals surface area contributed by atoms with Gasteiger partial charge >= 0.3 is 0 Å². The number of aliphatic hydroxyl groups excluding tert-OH is 3. The van der Waals surface area contributed by atoms with E-state index in [1.54, 1.807) is 12.1 Å². The zero-order valence-electron chi connectivity index (χ0n) is 15.9. The van der Waals surface area contributed by atoms with Gasteiger partial charge in [-0.25, -0.2) is 0 Å². The summed E-state index contributed by atoms with van der Waals surface area (Å²) in [6.07, 6.45) is -4.24. The summed E-state index contributed by atoms with van der Waals surface area (Å²) in [4.78, 5) is 0. The average Bonchev–Trinajstić information content (AvgIpc) is 2.73. The molecular weight excluding hydrogens is 398 g/mol. The van der Waals surface area contributed by atoms with Crippen LogP contribution < -0.4 is 4.74 Å². The number of ether oxygens (including phenoxy) is 3. The van der Waals surface area contributed by atoms with Gasteiger partial charge in [0.2, 0.25) is 0 Å². The minimum Gasteiger partial charge on any atom is -0.488 e. The smallest absolute Gasteiger partial charge is 0.186 e. The second-order valence-corrected chi connectivity index (χ2v) is 7.23. The zero-order chi connectivity index (χ0) is 21.0. The van der Waals surface area contributed by atoms with E-state index in [0.717, 1.165) is 11.1 Å². The normalized spacial score (nSPS) is 26.9. The summed E-state index contributed by atoms with van der Waals surface area (Å²) < 4.78 is 16.1. The minimum absolute atomic E-state index is 0.222. The molecule has 0 radical (unpaired) electrons. The number of nitrogens with one attached hydrogen (secondary N) is 1. The monoisotopic (exact) mass is 421 g/mol. The molecule has 1 aliphatic heterocycles. The Kier molecular flexibility index (Phi) is 7.23. The minimum atomic E-state index is -1.40. The van der Waals surface area contributed by atoms with Gasteiger partial charge < -0.3 is 34.9 Å². The summed E-state index contributed by atoms with van der Waals surface area (Å²) >= 11 is 6.36. The Morgan fingerprint density at radius 3 is 2.45 bits per heavy atom. The lowest BCUT2D eigenvalue weighted by Gasteiger charge is -2.40. The first-order chi connectivity index (χ1) is 13.9. The maximum atomic E-state index is 10.4. The van der Waals surface area contributed by atoms with Gasteiger partial charge in [0.05, 0.1) is 0 Å². The van der Waals surface area contributed by atoms with Crippen molar-refractivity contribution in [3.63, 3.8) is 0 Å². The van der Waals surface area contributed by atoms with Crippen molar-refractivity contribution in [3.8, 4) is 5.75 Å². The number of rotatable bonds is 7. The molecule has 4 N–H and O–H groups in total. The molecule has 2 aromatic rings. The van der Waals surface area contributed by atoms with Gasteiger partial charge in [-0.1, -0.05) is 35.9 Å². The molecule has 3 rings (SSSR count). The van der Waals surface area contributed by atoms with E-state index >= 15 is 0 Å². The van der Waals surface area contributed by atoms with Crippen molar-refractivity contribution in [3.05, 3.63) is 64.2 Å². The van der Waals surface area contributed by atoms with Gasteiger partial charge in [-0.05, 0) is 41.3 Å². The summed E-state index contributed by atoms with van der Waals surface area (Å²) in [5, 5.41) is 38.0. The molecule has 0 bridgehead atoms. The molecule has 1 heterocycles. The van der Waals surface area contributed by atoms with E-state index in [4.69, 9.17) is 31.2 Å². The van der Waals surface area contributed by atoms with E-state index in [9.17, 15) is 15.3 Å². The molecule has 2 aromatic carbocycles. The van der Waals surface area contributed by atoms with Crippen LogP contribution in [0.2, 0.25) is 5.02 Å². The highest BCUT2D eigenvalue weighted by atomic mass is 35.5. The first kappa shape index (κ1) is 21.7. The molecule has 29 heavy (non-hydrogen) atoms. The second kappa shape index (κ2) is 9.67. The van der Waals surface area contributed by atoms with Crippen molar-refractivity contribution < 1.29 is 29.5 Å². The van der Waals surface area contributed by atoms with Gasteiger partial charge in [0.1, 0.15) is 36.8 Å². The van der Waals surface area contributed by atoms with Gasteiger partial charge in [-0.3, -0.25) is 0 Å². The fourth-order valence-corrected chi connectivity index (χ4v) is 3.47. The molecule has 1 saturated heterocycles. The summed E-state index contributed by atoms with van der Waals surface area (Å²) in [5.41, 5.74) is 2.44. The van der Waals surface area contributed by atoms with Crippen molar-refractivity contribution in [1.82, 2.24) is 0 Å². The highest BCUT2D eigenvalue weighted by Gasteiger charge is 2.44. The van der Waals surface area contributed by atoms with Crippen LogP contribution in [0.5, 0.6) is 5.75 Å². The molecule has 0 spiro atoms. The lowest BCUT2D eigenvalue weighted by Crippen LogP contribution is -2.54. The molecular formula is C21H24ClNO6. The Labute approximate surface area is 173 Å². The van der Waals surface area contributed by atoms with Crippen LogP contribution in [0.15, 0.2) is 42.5 Å². The summed E-state index contributed by atoms with van der Waals surface area (Å²) in [6, 6.07) is 12.7. The third kappa shape index (κ3) is 4.95. The predicted molar refractivity (Wildman–Crippen MR) is 108 cm³/mol. The van der Waals surface area contributed by atoms with Gasteiger partial charge in [-0.15, -0.1) is 0 Å². The Balaban J connectivity index is 1.80. The average molecular weight is 422 g/mol. The largest absolute Gasteiger partial charge is 0.488 e. The van der Waals surface area contributed by atoms with Crippen molar-refractivity contribution in [1.29, 1.82) is 5.41 Å². The molecule has 5 unspecified atom stereocenters. The lowest BCUT2D eigenvalue weighted by molar-refractivity contribution is -0.292. The highest BCUT2D eigenvalue weighted by molar-refractivity contribution is 6.31. The summed E-state index contributed by atoms with van der Waals surface area (Å²) in [5.74, 6) is 0.675. The van der Waals surface area contributed by atoms with Gasteiger partial charge in [0.25, 0.3) is 0 Å². The van der Waals surface area contributed by atoms with Crippen LogP contribution in [0.4, 0.5) is 0 Å². The number of halogens is 1. The Morgan fingerprint density at radius 2 is 1.79 bits per heavy atom. The zero-order valence-corrected chi connectivity index (χ0v) is 16.6. The molecule has 0 aromatic heterocycles.